The van der Waals surface area contributed by atoms with Crippen LogP contribution >= 0.6 is 11.6 Å². The second-order valence-corrected chi connectivity index (χ2v) is 8.63. The maximum Gasteiger partial charge on any atom is 0.295 e. The van der Waals surface area contributed by atoms with Gasteiger partial charge in [0.2, 0.25) is 11.5 Å². The van der Waals surface area contributed by atoms with Gasteiger partial charge in [-0.15, -0.1) is 0 Å². The number of rotatable bonds is 5. The largest absolute Gasteiger partial charge is 0.493 e. The van der Waals surface area contributed by atoms with Crippen LogP contribution < -0.4 is 24.5 Å². The number of carbonyl (C=O) groups excluding carboxylic acids is 1. The minimum absolute atomic E-state index is 0.00918. The van der Waals surface area contributed by atoms with Crippen LogP contribution in [0.3, 0.4) is 0 Å². The van der Waals surface area contributed by atoms with E-state index in [1.807, 2.05) is 31.2 Å². The number of amides is 1. The molecular formula is C27H22ClNO6. The van der Waals surface area contributed by atoms with Gasteiger partial charge in [0.25, 0.3) is 5.91 Å². The SMILES string of the molecule is COc1cc(C2c3c(oc4ccc(Cl)cc4c3=O)C(=O)N2c2cccc(C)c2)cc(OC)c1OC. The van der Waals surface area contributed by atoms with Crippen molar-refractivity contribution in [3.05, 3.63) is 92.3 Å². The summed E-state index contributed by atoms with van der Waals surface area (Å²) in [5.41, 5.74) is 2.38. The normalized spacial score (nSPS) is 14.8. The van der Waals surface area contributed by atoms with E-state index in [1.165, 1.54) is 21.3 Å². The van der Waals surface area contributed by atoms with Crippen molar-refractivity contribution < 1.29 is 23.4 Å². The van der Waals surface area contributed by atoms with E-state index in [2.05, 4.69) is 0 Å². The lowest BCUT2D eigenvalue weighted by atomic mass is 9.97. The van der Waals surface area contributed by atoms with Crippen molar-refractivity contribution in [1.29, 1.82) is 0 Å². The zero-order valence-corrected chi connectivity index (χ0v) is 20.3. The minimum Gasteiger partial charge on any atom is -0.493 e. The molecule has 0 saturated heterocycles. The Morgan fingerprint density at radius 2 is 1.63 bits per heavy atom. The van der Waals surface area contributed by atoms with Gasteiger partial charge in [-0.3, -0.25) is 14.5 Å². The van der Waals surface area contributed by atoms with Crippen molar-refractivity contribution >= 4 is 34.2 Å². The summed E-state index contributed by atoms with van der Waals surface area (Å²) in [6, 6.07) is 14.9. The number of ether oxygens (including phenoxy) is 3. The van der Waals surface area contributed by atoms with Crippen molar-refractivity contribution in [3.63, 3.8) is 0 Å². The molecule has 35 heavy (non-hydrogen) atoms. The number of nitrogens with zero attached hydrogens (tertiary/aromatic N) is 1. The lowest BCUT2D eigenvalue weighted by Crippen LogP contribution is -2.29. The first-order valence-corrected chi connectivity index (χ1v) is 11.2. The fourth-order valence-corrected chi connectivity index (χ4v) is 4.74. The third-order valence-electron chi connectivity index (χ3n) is 6.11. The maximum atomic E-state index is 13.8. The molecule has 178 valence electrons. The van der Waals surface area contributed by atoms with E-state index in [1.54, 1.807) is 35.2 Å². The Bertz CT molecular complexity index is 1520. The number of carbonyl (C=O) groups is 1. The highest BCUT2D eigenvalue weighted by Crippen LogP contribution is 2.46. The van der Waals surface area contributed by atoms with Crippen LogP contribution in [-0.4, -0.2) is 27.2 Å². The fraction of sp³-hybridized carbons (Fsp3) is 0.185. The Balaban J connectivity index is 1.85. The Labute approximate surface area is 206 Å². The predicted octanol–water partition coefficient (Wildman–Crippen LogP) is 5.53. The van der Waals surface area contributed by atoms with Gasteiger partial charge >= 0.3 is 0 Å². The first kappa shape index (κ1) is 22.8. The van der Waals surface area contributed by atoms with Crippen molar-refractivity contribution in [2.45, 2.75) is 13.0 Å². The lowest BCUT2D eigenvalue weighted by Gasteiger charge is -2.26. The van der Waals surface area contributed by atoms with Gasteiger partial charge in [-0.05, 0) is 60.5 Å². The van der Waals surface area contributed by atoms with E-state index < -0.39 is 11.9 Å². The molecule has 1 aliphatic heterocycles. The molecular weight excluding hydrogens is 470 g/mol. The molecule has 1 unspecified atom stereocenters. The molecule has 0 fully saturated rings. The first-order chi connectivity index (χ1) is 16.9. The molecule has 8 heteroatoms. The van der Waals surface area contributed by atoms with E-state index in [9.17, 15) is 9.59 Å². The quantitative estimate of drug-likeness (QED) is 0.365. The van der Waals surface area contributed by atoms with E-state index in [0.29, 0.717) is 44.5 Å². The zero-order valence-electron chi connectivity index (χ0n) is 19.5. The van der Waals surface area contributed by atoms with Gasteiger partial charge in [0.15, 0.2) is 16.9 Å². The molecule has 1 atom stereocenters. The maximum absolute atomic E-state index is 13.8. The van der Waals surface area contributed by atoms with Crippen molar-refractivity contribution in [2.24, 2.45) is 0 Å². The highest BCUT2D eigenvalue weighted by atomic mass is 35.5. The smallest absolute Gasteiger partial charge is 0.295 e. The Morgan fingerprint density at radius 1 is 0.914 bits per heavy atom. The van der Waals surface area contributed by atoms with Crippen LogP contribution in [0.25, 0.3) is 11.0 Å². The van der Waals surface area contributed by atoms with Crippen LogP contribution in [0.15, 0.2) is 63.8 Å². The zero-order chi connectivity index (χ0) is 24.9. The summed E-state index contributed by atoms with van der Waals surface area (Å²) >= 11 is 6.17. The van der Waals surface area contributed by atoms with E-state index in [0.717, 1.165) is 5.56 Å². The summed E-state index contributed by atoms with van der Waals surface area (Å²) in [5, 5.41) is 0.696. The fourth-order valence-electron chi connectivity index (χ4n) is 4.56. The van der Waals surface area contributed by atoms with Crippen LogP contribution in [0, 0.1) is 6.92 Å². The summed E-state index contributed by atoms with van der Waals surface area (Å²) in [6.07, 6.45) is 0. The minimum atomic E-state index is -0.798. The Kier molecular flexibility index (Phi) is 5.65. The van der Waals surface area contributed by atoms with Gasteiger partial charge in [-0.25, -0.2) is 0 Å². The molecule has 0 spiro atoms. The second kappa shape index (κ2) is 8.67. The van der Waals surface area contributed by atoms with Gasteiger partial charge in [-0.2, -0.15) is 0 Å². The summed E-state index contributed by atoms with van der Waals surface area (Å²) in [7, 11) is 4.53. The standard InChI is InChI=1S/C27H22ClNO6/c1-14-6-5-7-17(10-14)29-23(15-11-20(32-2)25(34-4)21(12-15)33-3)22-24(30)18-13-16(28)8-9-19(18)35-26(22)27(29)31/h5-13,23H,1-4H3. The summed E-state index contributed by atoms with van der Waals surface area (Å²) in [5.74, 6) is 0.784. The molecule has 5 rings (SSSR count). The van der Waals surface area contributed by atoms with Gasteiger partial charge in [0.1, 0.15) is 5.58 Å². The van der Waals surface area contributed by atoms with Gasteiger partial charge in [0, 0.05) is 10.7 Å². The molecule has 7 nitrogen and oxygen atoms in total. The predicted molar refractivity (Wildman–Crippen MR) is 133 cm³/mol. The molecule has 0 saturated carbocycles. The summed E-state index contributed by atoms with van der Waals surface area (Å²) < 4.78 is 22.6. The number of methoxy groups -OCH3 is 3. The van der Waals surface area contributed by atoms with Crippen LogP contribution in [-0.2, 0) is 0 Å². The number of fused-ring (bicyclic) bond motifs is 2. The monoisotopic (exact) mass is 491 g/mol. The topological polar surface area (TPSA) is 78.2 Å². The van der Waals surface area contributed by atoms with Crippen molar-refractivity contribution in [3.8, 4) is 17.2 Å². The van der Waals surface area contributed by atoms with Crippen LogP contribution in [0.1, 0.15) is 33.3 Å². The number of hydrogen-bond donors (Lipinski definition) is 0. The highest BCUT2D eigenvalue weighted by molar-refractivity contribution is 6.31. The summed E-state index contributed by atoms with van der Waals surface area (Å²) in [6.45, 7) is 1.94. The molecule has 0 bridgehead atoms. The molecule has 4 aromatic rings. The number of halogens is 1. The molecule has 1 amide bonds. The average molecular weight is 492 g/mol. The third kappa shape index (κ3) is 3.59. The molecule has 0 aliphatic carbocycles. The molecule has 0 N–H and O–H groups in total. The van der Waals surface area contributed by atoms with Gasteiger partial charge in [-0.1, -0.05) is 23.7 Å². The molecule has 3 aromatic carbocycles. The number of benzene rings is 3. The molecule has 0 radical (unpaired) electrons. The van der Waals surface area contributed by atoms with E-state index >= 15 is 0 Å². The van der Waals surface area contributed by atoms with Crippen LogP contribution in [0.5, 0.6) is 17.2 Å². The molecule has 2 heterocycles. The Morgan fingerprint density at radius 3 is 2.26 bits per heavy atom. The molecule has 1 aliphatic rings. The lowest BCUT2D eigenvalue weighted by molar-refractivity contribution is 0.0971. The highest BCUT2D eigenvalue weighted by Gasteiger charge is 2.44. The third-order valence-corrected chi connectivity index (χ3v) is 6.35. The van der Waals surface area contributed by atoms with E-state index in [-0.39, 0.29) is 16.8 Å². The molecule has 1 aromatic heterocycles. The van der Waals surface area contributed by atoms with Gasteiger partial charge in [0.05, 0.1) is 38.3 Å². The van der Waals surface area contributed by atoms with Crippen molar-refractivity contribution in [1.82, 2.24) is 0 Å². The number of anilines is 1. The number of aryl methyl sites for hydroxylation is 1. The van der Waals surface area contributed by atoms with Gasteiger partial charge < -0.3 is 18.6 Å². The van der Waals surface area contributed by atoms with Crippen LogP contribution in [0.2, 0.25) is 5.02 Å². The second-order valence-electron chi connectivity index (χ2n) is 8.19. The number of hydrogen-bond acceptors (Lipinski definition) is 6. The van der Waals surface area contributed by atoms with Crippen LogP contribution in [0.4, 0.5) is 5.69 Å². The first-order valence-electron chi connectivity index (χ1n) is 10.8. The summed E-state index contributed by atoms with van der Waals surface area (Å²) in [4.78, 5) is 29.1. The van der Waals surface area contributed by atoms with E-state index in [4.69, 9.17) is 30.2 Å². The Hall–Kier alpha value is -3.97. The van der Waals surface area contributed by atoms with Crippen molar-refractivity contribution in [2.75, 3.05) is 26.2 Å². The average Bonchev–Trinajstić information content (AvgIpc) is 3.16.